The van der Waals surface area contributed by atoms with Gasteiger partial charge in [-0.05, 0) is 18.2 Å². The van der Waals surface area contributed by atoms with Crippen LogP contribution in [0.1, 0.15) is 26.3 Å². The maximum atomic E-state index is 12.5. The number of amides is 1. The van der Waals surface area contributed by atoms with Gasteiger partial charge in [-0.2, -0.15) is 0 Å². The first-order valence-corrected chi connectivity index (χ1v) is 7.47. The van der Waals surface area contributed by atoms with Crippen molar-refractivity contribution in [3.05, 3.63) is 59.4 Å². The van der Waals surface area contributed by atoms with Crippen molar-refractivity contribution in [3.8, 4) is 0 Å². The number of ketones is 1. The van der Waals surface area contributed by atoms with Crippen molar-refractivity contribution >= 4 is 17.7 Å². The SMILES string of the molecule is O=C(c1ccc(C(=O)N2CCO[C@@H](C(=O)O)C2)cc1)c1cc[nH]c1. The highest BCUT2D eigenvalue weighted by atomic mass is 16.5. The van der Waals surface area contributed by atoms with Gasteiger partial charge in [-0.25, -0.2) is 4.79 Å². The normalized spacial score (nSPS) is 17.5. The predicted octanol–water partition coefficient (Wildman–Crippen LogP) is 1.17. The Bertz CT molecular complexity index is 752. The number of nitrogens with one attached hydrogen (secondary N) is 1. The number of rotatable bonds is 4. The highest BCUT2D eigenvalue weighted by Crippen LogP contribution is 2.14. The van der Waals surface area contributed by atoms with Crippen LogP contribution in [-0.2, 0) is 9.53 Å². The Hall–Kier alpha value is -2.93. The van der Waals surface area contributed by atoms with Gasteiger partial charge in [0.2, 0.25) is 0 Å². The average Bonchev–Trinajstić information content (AvgIpc) is 3.15. The lowest BCUT2D eigenvalue weighted by Gasteiger charge is -2.30. The van der Waals surface area contributed by atoms with Crippen LogP contribution in [0.3, 0.4) is 0 Å². The standard InChI is InChI=1S/C17H16N2O5/c20-15(13-5-6-18-9-13)11-1-3-12(4-2-11)16(21)19-7-8-24-14(10-19)17(22)23/h1-6,9,14,18H,7-8,10H2,(H,22,23)/t14-/m1/s1. The topological polar surface area (TPSA) is 99.7 Å². The lowest BCUT2D eigenvalue weighted by Crippen LogP contribution is -2.48. The lowest BCUT2D eigenvalue weighted by atomic mass is 10.0. The van der Waals surface area contributed by atoms with Crippen molar-refractivity contribution in [3.63, 3.8) is 0 Å². The number of carboxylic acids is 1. The molecule has 1 aromatic carbocycles. The number of carboxylic acid groups (broad SMARTS) is 1. The summed E-state index contributed by atoms with van der Waals surface area (Å²) in [5.74, 6) is -1.49. The third kappa shape index (κ3) is 3.21. The number of H-pyrrole nitrogens is 1. The minimum Gasteiger partial charge on any atom is -0.479 e. The van der Waals surface area contributed by atoms with Crippen LogP contribution in [0, 0.1) is 0 Å². The number of aliphatic carboxylic acids is 1. The number of hydrogen-bond acceptors (Lipinski definition) is 4. The minimum absolute atomic E-state index is 0.0121. The Balaban J connectivity index is 1.72. The molecule has 2 aromatic rings. The molecule has 24 heavy (non-hydrogen) atoms. The fraction of sp³-hybridized carbons (Fsp3) is 0.235. The van der Waals surface area contributed by atoms with Crippen LogP contribution in [0.15, 0.2) is 42.7 Å². The molecule has 1 saturated heterocycles. The molecule has 7 heteroatoms. The van der Waals surface area contributed by atoms with E-state index in [9.17, 15) is 14.4 Å². The van der Waals surface area contributed by atoms with E-state index in [1.807, 2.05) is 0 Å². The first kappa shape index (κ1) is 15.9. The van der Waals surface area contributed by atoms with Crippen LogP contribution in [0.2, 0.25) is 0 Å². The fourth-order valence-corrected chi connectivity index (χ4v) is 2.56. The van der Waals surface area contributed by atoms with E-state index in [1.54, 1.807) is 42.7 Å². The third-order valence-electron chi connectivity index (χ3n) is 3.88. The molecule has 1 atom stereocenters. The second kappa shape index (κ2) is 6.67. The van der Waals surface area contributed by atoms with Gasteiger partial charge in [-0.15, -0.1) is 0 Å². The maximum absolute atomic E-state index is 12.5. The number of aromatic amines is 1. The predicted molar refractivity (Wildman–Crippen MR) is 83.9 cm³/mol. The Morgan fingerprint density at radius 2 is 1.79 bits per heavy atom. The number of ether oxygens (including phenoxy) is 1. The first-order valence-electron chi connectivity index (χ1n) is 7.47. The summed E-state index contributed by atoms with van der Waals surface area (Å²) < 4.78 is 5.11. The van der Waals surface area contributed by atoms with Gasteiger partial charge < -0.3 is 19.7 Å². The second-order valence-electron chi connectivity index (χ2n) is 5.45. The van der Waals surface area contributed by atoms with Gasteiger partial charge in [0.25, 0.3) is 5.91 Å². The summed E-state index contributed by atoms with van der Waals surface area (Å²) in [7, 11) is 0. The highest BCUT2D eigenvalue weighted by molar-refractivity contribution is 6.09. The van der Waals surface area contributed by atoms with Gasteiger partial charge in [-0.1, -0.05) is 12.1 Å². The molecule has 1 aromatic heterocycles. The first-order chi connectivity index (χ1) is 11.6. The number of carbonyl (C=O) groups is 3. The van der Waals surface area contributed by atoms with Gasteiger partial charge in [0, 0.05) is 35.6 Å². The van der Waals surface area contributed by atoms with Crippen LogP contribution in [0.4, 0.5) is 0 Å². The number of aromatic nitrogens is 1. The van der Waals surface area contributed by atoms with Crippen molar-refractivity contribution in [1.82, 2.24) is 9.88 Å². The maximum Gasteiger partial charge on any atom is 0.334 e. The third-order valence-corrected chi connectivity index (χ3v) is 3.88. The van der Waals surface area contributed by atoms with Gasteiger partial charge in [0.15, 0.2) is 11.9 Å². The molecule has 0 radical (unpaired) electrons. The molecule has 2 heterocycles. The molecule has 2 N–H and O–H groups in total. The molecule has 1 fully saturated rings. The number of carbonyl (C=O) groups excluding carboxylic acids is 2. The molecule has 0 saturated carbocycles. The highest BCUT2D eigenvalue weighted by Gasteiger charge is 2.29. The molecule has 0 aliphatic carbocycles. The van der Waals surface area contributed by atoms with E-state index >= 15 is 0 Å². The molecule has 0 bridgehead atoms. The van der Waals surface area contributed by atoms with E-state index in [1.165, 1.54) is 4.90 Å². The quantitative estimate of drug-likeness (QED) is 0.821. The second-order valence-corrected chi connectivity index (χ2v) is 5.45. The van der Waals surface area contributed by atoms with E-state index in [0.29, 0.717) is 23.2 Å². The summed E-state index contributed by atoms with van der Waals surface area (Å²) in [6, 6.07) is 8.03. The molecule has 1 aliphatic rings. The van der Waals surface area contributed by atoms with Crippen LogP contribution in [0.5, 0.6) is 0 Å². The van der Waals surface area contributed by atoms with Gasteiger partial charge >= 0.3 is 5.97 Å². The zero-order valence-corrected chi connectivity index (χ0v) is 12.8. The van der Waals surface area contributed by atoms with E-state index < -0.39 is 12.1 Å². The molecular weight excluding hydrogens is 312 g/mol. The van der Waals surface area contributed by atoms with Crippen molar-refractivity contribution < 1.29 is 24.2 Å². The summed E-state index contributed by atoms with van der Waals surface area (Å²) in [6.07, 6.45) is 2.28. The Labute approximate surface area is 137 Å². The van der Waals surface area contributed by atoms with E-state index in [0.717, 1.165) is 0 Å². The molecular formula is C17H16N2O5. The van der Waals surface area contributed by atoms with E-state index in [2.05, 4.69) is 4.98 Å². The number of nitrogens with zero attached hydrogens (tertiary/aromatic N) is 1. The number of morpholine rings is 1. The minimum atomic E-state index is -1.08. The summed E-state index contributed by atoms with van der Waals surface area (Å²) in [5, 5.41) is 8.99. The van der Waals surface area contributed by atoms with E-state index in [4.69, 9.17) is 9.84 Å². The molecule has 1 aliphatic heterocycles. The molecule has 1 amide bonds. The summed E-state index contributed by atoms with van der Waals surface area (Å²) in [6.45, 7) is 0.539. The van der Waals surface area contributed by atoms with Crippen LogP contribution < -0.4 is 0 Å². The van der Waals surface area contributed by atoms with Crippen molar-refractivity contribution in [1.29, 1.82) is 0 Å². The summed E-state index contributed by atoms with van der Waals surface area (Å²) in [4.78, 5) is 39.9. The zero-order valence-electron chi connectivity index (χ0n) is 12.8. The van der Waals surface area contributed by atoms with E-state index in [-0.39, 0.29) is 24.8 Å². The number of hydrogen-bond donors (Lipinski definition) is 2. The smallest absolute Gasteiger partial charge is 0.334 e. The average molecular weight is 328 g/mol. The van der Waals surface area contributed by atoms with Crippen LogP contribution in [-0.4, -0.2) is 58.5 Å². The number of benzene rings is 1. The zero-order chi connectivity index (χ0) is 17.1. The van der Waals surface area contributed by atoms with Crippen molar-refractivity contribution in [2.24, 2.45) is 0 Å². The summed E-state index contributed by atoms with van der Waals surface area (Å²) in [5.41, 5.74) is 1.44. The molecule has 0 unspecified atom stereocenters. The van der Waals surface area contributed by atoms with Crippen molar-refractivity contribution in [2.75, 3.05) is 19.7 Å². The van der Waals surface area contributed by atoms with Crippen molar-refractivity contribution in [2.45, 2.75) is 6.10 Å². The monoisotopic (exact) mass is 328 g/mol. The molecule has 7 nitrogen and oxygen atoms in total. The Morgan fingerprint density at radius 1 is 1.08 bits per heavy atom. The fourth-order valence-electron chi connectivity index (χ4n) is 2.56. The largest absolute Gasteiger partial charge is 0.479 e. The summed E-state index contributed by atoms with van der Waals surface area (Å²) >= 11 is 0. The Morgan fingerprint density at radius 3 is 2.42 bits per heavy atom. The lowest BCUT2D eigenvalue weighted by molar-refractivity contribution is -0.154. The van der Waals surface area contributed by atoms with Crippen LogP contribution in [0.25, 0.3) is 0 Å². The van der Waals surface area contributed by atoms with Gasteiger partial charge in [0.1, 0.15) is 0 Å². The Kier molecular flexibility index (Phi) is 4.43. The molecule has 3 rings (SSSR count). The van der Waals surface area contributed by atoms with Gasteiger partial charge in [0.05, 0.1) is 13.2 Å². The van der Waals surface area contributed by atoms with Crippen LogP contribution >= 0.6 is 0 Å². The molecule has 124 valence electrons. The molecule has 0 spiro atoms. The van der Waals surface area contributed by atoms with Gasteiger partial charge in [-0.3, -0.25) is 9.59 Å².